The molecular formula is C8H7F2NO5S. The van der Waals surface area contributed by atoms with E-state index >= 15 is 0 Å². The lowest BCUT2D eigenvalue weighted by Gasteiger charge is -2.08. The van der Waals surface area contributed by atoms with E-state index in [4.69, 9.17) is 10.2 Å². The van der Waals surface area contributed by atoms with Gasteiger partial charge in [0.25, 0.3) is 0 Å². The summed E-state index contributed by atoms with van der Waals surface area (Å²) in [5.74, 6) is -2.04. The number of benzene rings is 1. The molecular weight excluding hydrogens is 260 g/mol. The van der Waals surface area contributed by atoms with E-state index in [0.29, 0.717) is 6.07 Å². The van der Waals surface area contributed by atoms with E-state index in [9.17, 15) is 22.0 Å². The molecule has 1 rings (SSSR count). The Labute approximate surface area is 94.7 Å². The monoisotopic (exact) mass is 267 g/mol. The molecule has 0 aliphatic heterocycles. The van der Waals surface area contributed by atoms with Gasteiger partial charge in [-0.15, -0.1) is 0 Å². The second kappa shape index (κ2) is 4.63. The lowest BCUT2D eigenvalue weighted by atomic mass is 10.2. The molecule has 0 radical (unpaired) electrons. The van der Waals surface area contributed by atoms with Crippen molar-refractivity contribution < 1.29 is 31.8 Å². The molecule has 0 aliphatic rings. The molecule has 9 heteroatoms. The number of halogens is 2. The van der Waals surface area contributed by atoms with Crippen molar-refractivity contribution in [1.82, 2.24) is 0 Å². The number of rotatable bonds is 4. The zero-order valence-corrected chi connectivity index (χ0v) is 8.95. The number of sulfonamides is 1. The van der Waals surface area contributed by atoms with E-state index in [1.165, 1.54) is 0 Å². The normalized spacial score (nSPS) is 11.5. The van der Waals surface area contributed by atoms with Crippen LogP contribution in [0.5, 0.6) is 5.75 Å². The summed E-state index contributed by atoms with van der Waals surface area (Å²) in [4.78, 5) is 9.90. The van der Waals surface area contributed by atoms with Gasteiger partial charge in [-0.05, 0) is 12.1 Å². The molecule has 0 saturated carbocycles. The first-order chi connectivity index (χ1) is 7.71. The molecule has 0 saturated heterocycles. The van der Waals surface area contributed by atoms with Gasteiger partial charge in [0.15, 0.2) is 0 Å². The van der Waals surface area contributed by atoms with Gasteiger partial charge in [0.05, 0.1) is 10.5 Å². The number of hydrogen-bond acceptors (Lipinski definition) is 4. The molecule has 0 aliphatic carbocycles. The van der Waals surface area contributed by atoms with Crippen LogP contribution < -0.4 is 9.88 Å². The first kappa shape index (κ1) is 13.3. The van der Waals surface area contributed by atoms with Crippen LogP contribution in [-0.2, 0) is 10.0 Å². The first-order valence-electron chi connectivity index (χ1n) is 4.07. The Morgan fingerprint density at radius 3 is 2.41 bits per heavy atom. The van der Waals surface area contributed by atoms with E-state index in [-0.39, 0.29) is 0 Å². The second-order valence-electron chi connectivity index (χ2n) is 2.89. The molecule has 0 aromatic heterocycles. The van der Waals surface area contributed by atoms with Crippen LogP contribution in [0.4, 0.5) is 8.78 Å². The Kier molecular flexibility index (Phi) is 3.63. The van der Waals surface area contributed by atoms with Gasteiger partial charge in [0.2, 0.25) is 10.0 Å². The lowest BCUT2D eigenvalue weighted by Crippen LogP contribution is -2.17. The summed E-state index contributed by atoms with van der Waals surface area (Å²) in [6.07, 6.45) is 0. The number of nitrogens with two attached hydrogens (primary N) is 1. The Hall–Kier alpha value is -1.74. The Bertz CT molecular complexity index is 543. The molecule has 1 aromatic rings. The number of hydrogen-bond donors (Lipinski definition) is 2. The van der Waals surface area contributed by atoms with Gasteiger partial charge in [0, 0.05) is 6.07 Å². The van der Waals surface area contributed by atoms with Crippen molar-refractivity contribution in [2.24, 2.45) is 5.14 Å². The van der Waals surface area contributed by atoms with Gasteiger partial charge in [-0.3, -0.25) is 0 Å². The first-order valence-corrected chi connectivity index (χ1v) is 5.61. The summed E-state index contributed by atoms with van der Waals surface area (Å²) in [7, 11) is -4.34. The third-order valence-corrected chi connectivity index (χ3v) is 2.67. The summed E-state index contributed by atoms with van der Waals surface area (Å²) in [6, 6.07) is 2.36. The predicted octanol–water partition coefficient (Wildman–Crippen LogP) is 0.634. The minimum atomic E-state index is -4.34. The van der Waals surface area contributed by atoms with Crippen LogP contribution >= 0.6 is 0 Å². The van der Waals surface area contributed by atoms with Crippen molar-refractivity contribution in [3.8, 4) is 5.75 Å². The van der Waals surface area contributed by atoms with E-state index in [0.717, 1.165) is 12.1 Å². The topological polar surface area (TPSA) is 107 Å². The van der Waals surface area contributed by atoms with Crippen molar-refractivity contribution in [3.63, 3.8) is 0 Å². The molecule has 1 aromatic carbocycles. The quantitative estimate of drug-likeness (QED) is 0.832. The van der Waals surface area contributed by atoms with Gasteiger partial charge in [-0.2, -0.15) is 8.78 Å². The maximum absolute atomic E-state index is 11.9. The van der Waals surface area contributed by atoms with Crippen molar-refractivity contribution in [3.05, 3.63) is 23.8 Å². The third-order valence-electron chi connectivity index (χ3n) is 1.72. The summed E-state index contributed by atoms with van der Waals surface area (Å²) in [5, 5.41) is 13.5. The van der Waals surface area contributed by atoms with Crippen LogP contribution in [0.25, 0.3) is 0 Å². The van der Waals surface area contributed by atoms with Crippen molar-refractivity contribution in [1.29, 1.82) is 0 Å². The third kappa shape index (κ3) is 3.36. The standard InChI is InChI=1S/C8H7F2NO5S/c9-8(10)16-4-1-2-5(7(12)13)6(3-4)17(11,14)15/h1-3,8H,(H,12,13)(H2,11,14,15). The highest BCUT2D eigenvalue weighted by atomic mass is 32.2. The minimum Gasteiger partial charge on any atom is -0.478 e. The largest absolute Gasteiger partial charge is 0.478 e. The summed E-state index contributed by atoms with van der Waals surface area (Å²) >= 11 is 0. The zero-order chi connectivity index (χ0) is 13.2. The highest BCUT2D eigenvalue weighted by Gasteiger charge is 2.20. The van der Waals surface area contributed by atoms with Crippen LogP contribution in [-0.4, -0.2) is 26.1 Å². The second-order valence-corrected chi connectivity index (χ2v) is 4.42. The zero-order valence-electron chi connectivity index (χ0n) is 8.13. The highest BCUT2D eigenvalue weighted by molar-refractivity contribution is 7.89. The minimum absolute atomic E-state index is 0.492. The van der Waals surface area contributed by atoms with E-state index in [2.05, 4.69) is 4.74 Å². The molecule has 0 atom stereocenters. The molecule has 0 amide bonds. The molecule has 17 heavy (non-hydrogen) atoms. The number of primary sulfonamides is 1. The fraction of sp³-hybridized carbons (Fsp3) is 0.125. The Morgan fingerprint density at radius 1 is 1.41 bits per heavy atom. The summed E-state index contributed by atoms with van der Waals surface area (Å²) in [6.45, 7) is -3.15. The van der Waals surface area contributed by atoms with E-state index in [1.807, 2.05) is 0 Å². The lowest BCUT2D eigenvalue weighted by molar-refractivity contribution is -0.0500. The van der Waals surface area contributed by atoms with Gasteiger partial charge in [-0.1, -0.05) is 0 Å². The van der Waals surface area contributed by atoms with Crippen LogP contribution in [0.15, 0.2) is 23.1 Å². The number of alkyl halides is 2. The van der Waals surface area contributed by atoms with Gasteiger partial charge < -0.3 is 9.84 Å². The molecule has 3 N–H and O–H groups in total. The van der Waals surface area contributed by atoms with Crippen LogP contribution in [0.1, 0.15) is 10.4 Å². The van der Waals surface area contributed by atoms with Crippen LogP contribution in [0.2, 0.25) is 0 Å². The molecule has 0 fully saturated rings. The summed E-state index contributed by atoms with van der Waals surface area (Å²) in [5.41, 5.74) is -0.617. The maximum atomic E-state index is 11.9. The van der Waals surface area contributed by atoms with Gasteiger partial charge in [-0.25, -0.2) is 18.4 Å². The maximum Gasteiger partial charge on any atom is 0.387 e. The molecule has 6 nitrogen and oxygen atoms in total. The number of aromatic carboxylic acids is 1. The number of carbonyl (C=O) groups is 1. The smallest absolute Gasteiger partial charge is 0.387 e. The fourth-order valence-corrected chi connectivity index (χ4v) is 1.83. The molecule has 94 valence electrons. The van der Waals surface area contributed by atoms with Crippen molar-refractivity contribution in [2.45, 2.75) is 11.5 Å². The Balaban J connectivity index is 3.35. The highest BCUT2D eigenvalue weighted by Crippen LogP contribution is 2.22. The van der Waals surface area contributed by atoms with Crippen molar-refractivity contribution in [2.75, 3.05) is 0 Å². The molecule has 0 unspecified atom stereocenters. The Morgan fingerprint density at radius 2 is 2.00 bits per heavy atom. The fourth-order valence-electron chi connectivity index (χ4n) is 1.09. The molecule has 0 bridgehead atoms. The SMILES string of the molecule is NS(=O)(=O)c1cc(OC(F)F)ccc1C(=O)O. The van der Waals surface area contributed by atoms with E-state index in [1.54, 1.807) is 0 Å². The van der Waals surface area contributed by atoms with Gasteiger partial charge >= 0.3 is 12.6 Å². The van der Waals surface area contributed by atoms with E-state index < -0.39 is 38.8 Å². The average Bonchev–Trinajstić information content (AvgIpc) is 2.14. The molecule has 0 heterocycles. The molecule has 0 spiro atoms. The van der Waals surface area contributed by atoms with Crippen molar-refractivity contribution >= 4 is 16.0 Å². The number of carboxylic acids is 1. The van der Waals surface area contributed by atoms with Gasteiger partial charge in [0.1, 0.15) is 5.75 Å². The summed E-state index contributed by atoms with van der Waals surface area (Å²) < 4.78 is 49.9. The number of carboxylic acid groups (broad SMARTS) is 1. The predicted molar refractivity (Wildman–Crippen MR) is 51.4 cm³/mol. The van der Waals surface area contributed by atoms with Crippen LogP contribution in [0, 0.1) is 0 Å². The number of ether oxygens (including phenoxy) is 1. The van der Waals surface area contributed by atoms with Crippen LogP contribution in [0.3, 0.4) is 0 Å². The average molecular weight is 267 g/mol.